The Balaban J connectivity index is 0.000001000. The van der Waals surface area contributed by atoms with Gasteiger partial charge in [-0.05, 0) is 28.1 Å². The van der Waals surface area contributed by atoms with Crippen LogP contribution in [0.2, 0.25) is 0 Å². The Labute approximate surface area is 79.9 Å². The molecule has 1 heterocycles. The van der Waals surface area contributed by atoms with Gasteiger partial charge in [0.15, 0.2) is 0 Å². The molecule has 1 aromatic rings. The molecule has 11 heavy (non-hydrogen) atoms. The Morgan fingerprint density at radius 3 is 2.73 bits per heavy atom. The molecule has 0 aliphatic carbocycles. The topological polar surface area (TPSA) is 50.9 Å². The van der Waals surface area contributed by atoms with Crippen molar-refractivity contribution >= 4 is 28.3 Å². The standard InChI is InChI=1S/C6H8BrN3.ClH/c7-5-1-2-6(4-10-8)9-3-5;/h1-3,10H,4,8H2;1H. The Hall–Kier alpha value is -0.160. The average molecular weight is 239 g/mol. The van der Waals surface area contributed by atoms with Crippen LogP contribution >= 0.6 is 28.3 Å². The second-order valence-electron chi connectivity index (χ2n) is 1.85. The van der Waals surface area contributed by atoms with Crippen LogP contribution in [0.3, 0.4) is 0 Å². The fourth-order valence-electron chi connectivity index (χ4n) is 0.616. The normalized spacial score (nSPS) is 8.91. The molecule has 3 nitrogen and oxygen atoms in total. The van der Waals surface area contributed by atoms with Gasteiger partial charge in [0, 0.05) is 10.7 Å². The molecule has 0 fully saturated rings. The van der Waals surface area contributed by atoms with Crippen molar-refractivity contribution < 1.29 is 0 Å². The minimum atomic E-state index is 0. The highest BCUT2D eigenvalue weighted by Crippen LogP contribution is 2.06. The fraction of sp³-hybridized carbons (Fsp3) is 0.167. The third-order valence-electron chi connectivity index (χ3n) is 1.07. The number of nitrogens with zero attached hydrogens (tertiary/aromatic N) is 1. The minimum Gasteiger partial charge on any atom is -0.271 e. The zero-order chi connectivity index (χ0) is 7.40. The Kier molecular flexibility index (Phi) is 5.41. The molecule has 5 heteroatoms. The van der Waals surface area contributed by atoms with Gasteiger partial charge in [0.25, 0.3) is 0 Å². The number of halogens is 2. The van der Waals surface area contributed by atoms with E-state index >= 15 is 0 Å². The SMILES string of the molecule is Cl.NNCc1ccc(Br)cn1. The second-order valence-corrected chi connectivity index (χ2v) is 2.76. The van der Waals surface area contributed by atoms with Crippen molar-refractivity contribution in [3.05, 3.63) is 28.5 Å². The number of aromatic nitrogens is 1. The number of hydrazine groups is 1. The van der Waals surface area contributed by atoms with E-state index in [1.807, 2.05) is 12.1 Å². The molecule has 0 spiro atoms. The van der Waals surface area contributed by atoms with Gasteiger partial charge in [-0.2, -0.15) is 0 Å². The van der Waals surface area contributed by atoms with E-state index < -0.39 is 0 Å². The molecule has 0 radical (unpaired) electrons. The van der Waals surface area contributed by atoms with Gasteiger partial charge in [0.1, 0.15) is 0 Å². The lowest BCUT2D eigenvalue weighted by Crippen LogP contribution is -2.21. The second kappa shape index (κ2) is 5.49. The Bertz CT molecular complexity index is 201. The van der Waals surface area contributed by atoms with Gasteiger partial charge in [0.05, 0.1) is 12.2 Å². The van der Waals surface area contributed by atoms with E-state index in [9.17, 15) is 0 Å². The van der Waals surface area contributed by atoms with Crippen molar-refractivity contribution in [3.8, 4) is 0 Å². The van der Waals surface area contributed by atoms with Crippen LogP contribution in [-0.4, -0.2) is 4.98 Å². The lowest BCUT2D eigenvalue weighted by Gasteiger charge is -1.96. The number of hydrogen-bond acceptors (Lipinski definition) is 3. The highest BCUT2D eigenvalue weighted by atomic mass is 79.9. The van der Waals surface area contributed by atoms with Crippen LogP contribution in [-0.2, 0) is 6.54 Å². The molecule has 0 saturated carbocycles. The summed E-state index contributed by atoms with van der Waals surface area (Å²) in [5.41, 5.74) is 3.46. The van der Waals surface area contributed by atoms with E-state index in [0.29, 0.717) is 6.54 Å². The van der Waals surface area contributed by atoms with Gasteiger partial charge < -0.3 is 0 Å². The molecule has 1 aromatic heterocycles. The largest absolute Gasteiger partial charge is 0.271 e. The maximum atomic E-state index is 5.10. The van der Waals surface area contributed by atoms with E-state index in [0.717, 1.165) is 10.2 Å². The Morgan fingerprint density at radius 2 is 2.27 bits per heavy atom. The lowest BCUT2D eigenvalue weighted by atomic mass is 10.4. The summed E-state index contributed by atoms with van der Waals surface area (Å²) in [6.07, 6.45) is 1.74. The summed E-state index contributed by atoms with van der Waals surface area (Å²) >= 11 is 3.28. The van der Waals surface area contributed by atoms with E-state index in [-0.39, 0.29) is 12.4 Å². The molecule has 0 aliphatic heterocycles. The van der Waals surface area contributed by atoms with E-state index in [4.69, 9.17) is 5.84 Å². The summed E-state index contributed by atoms with van der Waals surface area (Å²) in [6.45, 7) is 0.604. The van der Waals surface area contributed by atoms with Gasteiger partial charge in [-0.3, -0.25) is 16.3 Å². The number of nitrogens with one attached hydrogen (secondary N) is 1. The summed E-state index contributed by atoms with van der Waals surface area (Å²) in [6, 6.07) is 3.84. The lowest BCUT2D eigenvalue weighted by molar-refractivity contribution is 0.723. The molecule has 0 aliphatic rings. The molecular formula is C6H9BrClN3. The highest BCUT2D eigenvalue weighted by molar-refractivity contribution is 9.10. The number of pyridine rings is 1. The van der Waals surface area contributed by atoms with E-state index in [1.54, 1.807) is 6.20 Å². The van der Waals surface area contributed by atoms with Gasteiger partial charge >= 0.3 is 0 Å². The van der Waals surface area contributed by atoms with Crippen molar-refractivity contribution in [2.45, 2.75) is 6.54 Å². The maximum Gasteiger partial charge on any atom is 0.0556 e. The summed E-state index contributed by atoms with van der Waals surface area (Å²) in [4.78, 5) is 4.08. The van der Waals surface area contributed by atoms with Crippen LogP contribution in [0.25, 0.3) is 0 Å². The van der Waals surface area contributed by atoms with E-state index in [1.165, 1.54) is 0 Å². The monoisotopic (exact) mass is 237 g/mol. The number of hydrogen-bond donors (Lipinski definition) is 2. The van der Waals surface area contributed by atoms with E-state index in [2.05, 4.69) is 26.3 Å². The third-order valence-corrected chi connectivity index (χ3v) is 1.54. The summed E-state index contributed by atoms with van der Waals surface area (Å²) < 4.78 is 0.980. The molecule has 0 unspecified atom stereocenters. The van der Waals surface area contributed by atoms with Gasteiger partial charge in [-0.25, -0.2) is 0 Å². The predicted octanol–water partition coefficient (Wildman–Crippen LogP) is 1.23. The molecule has 1 rings (SSSR count). The number of nitrogens with two attached hydrogens (primary N) is 1. The molecule has 0 bridgehead atoms. The van der Waals surface area contributed by atoms with Crippen LogP contribution in [0.15, 0.2) is 22.8 Å². The first-order valence-electron chi connectivity index (χ1n) is 2.87. The molecule has 3 N–H and O–H groups in total. The highest BCUT2D eigenvalue weighted by Gasteiger charge is 1.90. The first-order valence-corrected chi connectivity index (χ1v) is 3.66. The summed E-state index contributed by atoms with van der Waals surface area (Å²) in [7, 11) is 0. The van der Waals surface area contributed by atoms with Crippen molar-refractivity contribution in [1.29, 1.82) is 0 Å². The van der Waals surface area contributed by atoms with Crippen molar-refractivity contribution in [3.63, 3.8) is 0 Å². The maximum absolute atomic E-state index is 5.10. The van der Waals surface area contributed by atoms with Crippen molar-refractivity contribution in [2.75, 3.05) is 0 Å². The van der Waals surface area contributed by atoms with Crippen molar-refractivity contribution in [2.24, 2.45) is 5.84 Å². The fourth-order valence-corrected chi connectivity index (χ4v) is 0.850. The third kappa shape index (κ3) is 3.67. The zero-order valence-electron chi connectivity index (χ0n) is 5.75. The van der Waals surface area contributed by atoms with Crippen LogP contribution in [0, 0.1) is 0 Å². The quantitative estimate of drug-likeness (QED) is 0.602. The van der Waals surface area contributed by atoms with Crippen LogP contribution in [0.1, 0.15) is 5.69 Å². The predicted molar refractivity (Wildman–Crippen MR) is 50.2 cm³/mol. The van der Waals surface area contributed by atoms with Crippen LogP contribution < -0.4 is 11.3 Å². The summed E-state index contributed by atoms with van der Waals surface area (Å²) in [5, 5.41) is 0. The first-order chi connectivity index (χ1) is 4.83. The van der Waals surface area contributed by atoms with Gasteiger partial charge in [0.2, 0.25) is 0 Å². The zero-order valence-corrected chi connectivity index (χ0v) is 8.15. The molecule has 0 amide bonds. The molecule has 62 valence electrons. The smallest absolute Gasteiger partial charge is 0.0556 e. The molecule has 0 atom stereocenters. The van der Waals surface area contributed by atoms with Crippen LogP contribution in [0.4, 0.5) is 0 Å². The first kappa shape index (κ1) is 10.8. The van der Waals surface area contributed by atoms with Crippen molar-refractivity contribution in [1.82, 2.24) is 10.4 Å². The molecule has 0 aromatic carbocycles. The minimum absolute atomic E-state index is 0. The molecular weight excluding hydrogens is 229 g/mol. The van der Waals surface area contributed by atoms with Crippen LogP contribution in [0.5, 0.6) is 0 Å². The Morgan fingerprint density at radius 1 is 1.55 bits per heavy atom. The average Bonchev–Trinajstić information content (AvgIpc) is 1.95. The van der Waals surface area contributed by atoms with Gasteiger partial charge in [-0.1, -0.05) is 0 Å². The summed E-state index contributed by atoms with van der Waals surface area (Å²) in [5.74, 6) is 5.10. The van der Waals surface area contributed by atoms with Gasteiger partial charge in [-0.15, -0.1) is 12.4 Å². The number of rotatable bonds is 2. The molecule has 0 saturated heterocycles.